The molecule has 3 aromatic rings. The highest BCUT2D eigenvalue weighted by Crippen LogP contribution is 2.26. The van der Waals surface area contributed by atoms with Gasteiger partial charge in [0, 0.05) is 30.0 Å². The Morgan fingerprint density at radius 1 is 1.17 bits per heavy atom. The third-order valence-electron chi connectivity index (χ3n) is 5.58. The van der Waals surface area contributed by atoms with E-state index in [1.165, 1.54) is 38.4 Å². The number of nitrogens with two attached hydrogens (primary N) is 1. The topological polar surface area (TPSA) is 106 Å². The highest BCUT2D eigenvalue weighted by molar-refractivity contribution is 6.03. The highest BCUT2D eigenvalue weighted by atomic mass is 16.4. The smallest absolute Gasteiger partial charge is 0.292 e. The van der Waals surface area contributed by atoms with E-state index in [2.05, 4.69) is 32.7 Å². The number of aryl methyl sites for hydroxylation is 1. The Labute approximate surface area is 176 Å². The van der Waals surface area contributed by atoms with Crippen LogP contribution in [0.5, 0.6) is 0 Å². The molecule has 1 aromatic carbocycles. The standard InChI is InChI=1S/C23H27N5O2/c1-15-7-8-16(11-20(15)27-22(29)21-14-30-23(24)28-21)17-9-10-19(25-12-17)13-26-18-5-3-2-4-6-18/h7-12,14,18,26H,2-6,13H2,1H3,(H2,24,28)(H,27,29). The Morgan fingerprint density at radius 3 is 2.67 bits per heavy atom. The molecule has 1 saturated carbocycles. The first-order valence-electron chi connectivity index (χ1n) is 10.4. The summed E-state index contributed by atoms with van der Waals surface area (Å²) in [6.45, 7) is 2.73. The average molecular weight is 406 g/mol. The molecule has 4 rings (SSSR count). The number of aromatic nitrogens is 2. The lowest BCUT2D eigenvalue weighted by molar-refractivity contribution is 0.102. The van der Waals surface area contributed by atoms with Crippen molar-refractivity contribution in [2.75, 3.05) is 11.1 Å². The quantitative estimate of drug-likeness (QED) is 0.564. The number of hydrogen-bond acceptors (Lipinski definition) is 6. The van der Waals surface area contributed by atoms with Crippen LogP contribution in [0.4, 0.5) is 11.7 Å². The molecule has 30 heavy (non-hydrogen) atoms. The second kappa shape index (κ2) is 9.09. The first-order chi connectivity index (χ1) is 14.6. The fourth-order valence-corrected chi connectivity index (χ4v) is 3.77. The number of benzene rings is 1. The monoisotopic (exact) mass is 405 g/mol. The molecule has 2 aromatic heterocycles. The third-order valence-corrected chi connectivity index (χ3v) is 5.58. The number of carbonyl (C=O) groups is 1. The van der Waals surface area contributed by atoms with Crippen molar-refractivity contribution in [1.29, 1.82) is 0 Å². The zero-order chi connectivity index (χ0) is 20.9. The number of anilines is 2. The molecule has 1 fully saturated rings. The first kappa shape index (κ1) is 20.1. The summed E-state index contributed by atoms with van der Waals surface area (Å²) in [6.07, 6.45) is 9.64. The van der Waals surface area contributed by atoms with Crippen LogP contribution in [0.3, 0.4) is 0 Å². The van der Waals surface area contributed by atoms with Gasteiger partial charge >= 0.3 is 0 Å². The van der Waals surface area contributed by atoms with Gasteiger partial charge in [0.15, 0.2) is 5.69 Å². The van der Waals surface area contributed by atoms with Crippen LogP contribution in [0.15, 0.2) is 47.2 Å². The molecule has 0 atom stereocenters. The van der Waals surface area contributed by atoms with Crippen molar-refractivity contribution < 1.29 is 9.21 Å². The number of pyridine rings is 1. The Kier molecular flexibility index (Phi) is 6.09. The van der Waals surface area contributed by atoms with Crippen molar-refractivity contribution in [2.24, 2.45) is 0 Å². The zero-order valence-electron chi connectivity index (χ0n) is 17.1. The van der Waals surface area contributed by atoms with Crippen molar-refractivity contribution in [3.05, 3.63) is 59.7 Å². The van der Waals surface area contributed by atoms with E-state index in [0.29, 0.717) is 11.7 Å². The summed E-state index contributed by atoms with van der Waals surface area (Å²) < 4.78 is 4.91. The molecule has 1 aliphatic rings. The van der Waals surface area contributed by atoms with Gasteiger partial charge in [0.2, 0.25) is 0 Å². The molecule has 0 radical (unpaired) electrons. The maximum absolute atomic E-state index is 12.4. The van der Waals surface area contributed by atoms with Crippen LogP contribution >= 0.6 is 0 Å². The lowest BCUT2D eigenvalue weighted by Crippen LogP contribution is -2.30. The Hall–Kier alpha value is -3.19. The Bertz CT molecular complexity index is 1010. The normalized spacial score (nSPS) is 14.6. The second-order valence-corrected chi connectivity index (χ2v) is 7.81. The molecule has 1 aliphatic carbocycles. The van der Waals surface area contributed by atoms with Crippen molar-refractivity contribution in [1.82, 2.24) is 15.3 Å². The molecule has 0 bridgehead atoms. The minimum atomic E-state index is -0.363. The predicted molar refractivity (Wildman–Crippen MR) is 117 cm³/mol. The van der Waals surface area contributed by atoms with E-state index in [1.54, 1.807) is 0 Å². The molecule has 2 heterocycles. The van der Waals surface area contributed by atoms with E-state index in [1.807, 2.05) is 31.3 Å². The SMILES string of the molecule is Cc1ccc(-c2ccc(CNC3CCCCC3)nc2)cc1NC(=O)c1coc(N)n1. The lowest BCUT2D eigenvalue weighted by Gasteiger charge is -2.22. The van der Waals surface area contributed by atoms with Gasteiger partial charge in [-0.25, -0.2) is 0 Å². The molecular formula is C23H27N5O2. The number of nitrogens with zero attached hydrogens (tertiary/aromatic N) is 2. The number of nitrogen functional groups attached to an aromatic ring is 1. The molecule has 7 nitrogen and oxygen atoms in total. The maximum Gasteiger partial charge on any atom is 0.292 e. The average Bonchev–Trinajstić information content (AvgIpc) is 3.21. The van der Waals surface area contributed by atoms with Crippen LogP contribution in [0.1, 0.15) is 53.8 Å². The van der Waals surface area contributed by atoms with Gasteiger partial charge in [-0.3, -0.25) is 9.78 Å². The first-order valence-corrected chi connectivity index (χ1v) is 10.4. The summed E-state index contributed by atoms with van der Waals surface area (Å²) in [4.78, 5) is 20.8. The summed E-state index contributed by atoms with van der Waals surface area (Å²) in [5.74, 6) is -0.363. The summed E-state index contributed by atoms with van der Waals surface area (Å²) in [7, 11) is 0. The van der Waals surface area contributed by atoms with Gasteiger partial charge in [-0.2, -0.15) is 4.98 Å². The molecule has 1 amide bonds. The van der Waals surface area contributed by atoms with Crippen molar-refractivity contribution in [3.63, 3.8) is 0 Å². The van der Waals surface area contributed by atoms with E-state index in [-0.39, 0.29) is 17.6 Å². The summed E-state index contributed by atoms with van der Waals surface area (Å²) in [5.41, 5.74) is 10.3. The predicted octanol–water partition coefficient (Wildman–Crippen LogP) is 4.30. The van der Waals surface area contributed by atoms with Crippen LogP contribution < -0.4 is 16.4 Å². The molecule has 156 valence electrons. The number of hydrogen-bond donors (Lipinski definition) is 3. The number of carbonyl (C=O) groups excluding carboxylic acids is 1. The van der Waals surface area contributed by atoms with E-state index < -0.39 is 0 Å². The van der Waals surface area contributed by atoms with Crippen LogP contribution in [-0.4, -0.2) is 21.9 Å². The van der Waals surface area contributed by atoms with Crippen molar-refractivity contribution in [2.45, 2.75) is 51.6 Å². The van der Waals surface area contributed by atoms with E-state index in [9.17, 15) is 4.79 Å². The molecule has 4 N–H and O–H groups in total. The fraction of sp³-hybridized carbons (Fsp3) is 0.348. The molecule has 0 saturated heterocycles. The van der Waals surface area contributed by atoms with Crippen molar-refractivity contribution in [3.8, 4) is 11.1 Å². The zero-order valence-corrected chi connectivity index (χ0v) is 17.1. The van der Waals surface area contributed by atoms with Crippen LogP contribution in [-0.2, 0) is 6.54 Å². The molecule has 0 unspecified atom stereocenters. The van der Waals surface area contributed by atoms with Crippen LogP contribution in [0.25, 0.3) is 11.1 Å². The second-order valence-electron chi connectivity index (χ2n) is 7.81. The molecule has 7 heteroatoms. The number of nitrogens with one attached hydrogen (secondary N) is 2. The Morgan fingerprint density at radius 2 is 1.97 bits per heavy atom. The van der Waals surface area contributed by atoms with Crippen LogP contribution in [0.2, 0.25) is 0 Å². The van der Waals surface area contributed by atoms with E-state index >= 15 is 0 Å². The number of amides is 1. The largest absolute Gasteiger partial charge is 0.431 e. The van der Waals surface area contributed by atoms with Gasteiger partial charge < -0.3 is 20.8 Å². The van der Waals surface area contributed by atoms with Gasteiger partial charge in [0.1, 0.15) is 6.26 Å². The lowest BCUT2D eigenvalue weighted by atomic mass is 9.95. The summed E-state index contributed by atoms with van der Waals surface area (Å²) in [5, 5.41) is 6.49. The van der Waals surface area contributed by atoms with E-state index in [0.717, 1.165) is 28.9 Å². The van der Waals surface area contributed by atoms with Gasteiger partial charge in [0.05, 0.1) is 5.69 Å². The number of rotatable bonds is 6. The van der Waals surface area contributed by atoms with Gasteiger partial charge in [-0.1, -0.05) is 37.5 Å². The molecular weight excluding hydrogens is 378 g/mol. The summed E-state index contributed by atoms with van der Waals surface area (Å²) >= 11 is 0. The fourth-order valence-electron chi connectivity index (χ4n) is 3.77. The molecule has 0 spiro atoms. The minimum absolute atomic E-state index is 0.0326. The summed E-state index contributed by atoms with van der Waals surface area (Å²) in [6, 6.07) is 10.6. The maximum atomic E-state index is 12.4. The van der Waals surface area contributed by atoms with Crippen molar-refractivity contribution >= 4 is 17.6 Å². The van der Waals surface area contributed by atoms with Gasteiger partial charge in [-0.05, 0) is 43.0 Å². The highest BCUT2D eigenvalue weighted by Gasteiger charge is 2.14. The Balaban J connectivity index is 1.43. The van der Waals surface area contributed by atoms with E-state index in [4.69, 9.17) is 10.2 Å². The number of oxazole rings is 1. The van der Waals surface area contributed by atoms with Crippen LogP contribution in [0, 0.1) is 6.92 Å². The molecule has 0 aliphatic heterocycles. The van der Waals surface area contributed by atoms with Gasteiger partial charge in [-0.15, -0.1) is 0 Å². The van der Waals surface area contributed by atoms with Gasteiger partial charge in [0.25, 0.3) is 11.9 Å². The minimum Gasteiger partial charge on any atom is -0.431 e. The third kappa shape index (κ3) is 4.86.